The van der Waals surface area contributed by atoms with Crippen molar-refractivity contribution in [1.82, 2.24) is 10.3 Å². The molecule has 27 heavy (non-hydrogen) atoms. The number of aryl methyl sites for hydroxylation is 1. The topological polar surface area (TPSA) is 91.3 Å². The van der Waals surface area contributed by atoms with Crippen molar-refractivity contribution in [2.45, 2.75) is 26.6 Å². The number of hydrogen-bond donors (Lipinski definition) is 3. The van der Waals surface area contributed by atoms with Crippen LogP contribution < -0.4 is 10.6 Å². The monoisotopic (exact) mass is 407 g/mol. The normalized spacial score (nSPS) is 10.6. The van der Waals surface area contributed by atoms with Gasteiger partial charge in [-0.15, -0.1) is 0 Å². The molecule has 0 aliphatic rings. The molecule has 0 unspecified atom stereocenters. The summed E-state index contributed by atoms with van der Waals surface area (Å²) in [6.45, 7) is 4.67. The van der Waals surface area contributed by atoms with E-state index in [0.29, 0.717) is 16.1 Å². The van der Waals surface area contributed by atoms with E-state index in [4.69, 9.17) is 9.90 Å². The van der Waals surface area contributed by atoms with Crippen LogP contribution in [0, 0.1) is 12.7 Å². The van der Waals surface area contributed by atoms with Crippen LogP contribution >= 0.6 is 11.3 Å². The van der Waals surface area contributed by atoms with Crippen LogP contribution in [0.1, 0.15) is 27.9 Å². The van der Waals surface area contributed by atoms with Gasteiger partial charge in [-0.25, -0.2) is 14.2 Å². The summed E-state index contributed by atoms with van der Waals surface area (Å²) in [6.07, 6.45) is -5.08. The smallest absolute Gasteiger partial charge is 0.475 e. The summed E-state index contributed by atoms with van der Waals surface area (Å²) in [4.78, 5) is 25.8. The van der Waals surface area contributed by atoms with E-state index in [-0.39, 0.29) is 18.3 Å². The maximum atomic E-state index is 13.5. The van der Waals surface area contributed by atoms with Gasteiger partial charge in [0.25, 0.3) is 5.91 Å². The van der Waals surface area contributed by atoms with Crippen LogP contribution in [-0.2, 0) is 11.3 Å². The molecule has 2 aromatic rings. The molecule has 0 atom stereocenters. The Kier molecular flexibility index (Phi) is 8.16. The van der Waals surface area contributed by atoms with Gasteiger partial charge in [0, 0.05) is 18.7 Å². The summed E-state index contributed by atoms with van der Waals surface area (Å²) >= 11 is 1.30. The van der Waals surface area contributed by atoms with Gasteiger partial charge >= 0.3 is 12.1 Å². The van der Waals surface area contributed by atoms with E-state index in [1.807, 2.05) is 6.92 Å². The SMILES string of the molecule is CCNc1nc(C)c(C(=O)NCc2ccccc2F)s1.O=C(O)C(F)(F)F. The van der Waals surface area contributed by atoms with Crippen molar-refractivity contribution in [3.8, 4) is 0 Å². The van der Waals surface area contributed by atoms with Crippen molar-refractivity contribution in [1.29, 1.82) is 0 Å². The fourth-order valence-corrected chi connectivity index (χ4v) is 2.68. The number of benzene rings is 1. The lowest BCUT2D eigenvalue weighted by atomic mass is 10.2. The third kappa shape index (κ3) is 7.21. The van der Waals surface area contributed by atoms with Crippen molar-refractivity contribution >= 4 is 28.3 Å². The fraction of sp³-hybridized carbons (Fsp3) is 0.312. The Bertz CT molecular complexity index is 793. The molecule has 0 fully saturated rings. The maximum absolute atomic E-state index is 13.5. The van der Waals surface area contributed by atoms with Gasteiger partial charge in [0.2, 0.25) is 0 Å². The van der Waals surface area contributed by atoms with E-state index in [0.717, 1.165) is 11.7 Å². The standard InChI is InChI=1S/C14H16FN3OS.C2HF3O2/c1-3-16-14-18-9(2)12(20-14)13(19)17-8-10-6-4-5-7-11(10)15;3-2(4,5)1(6)7/h4-7H,3,8H2,1-2H3,(H,16,18)(H,17,19);(H,6,7). The molecule has 0 aliphatic carbocycles. The number of thiazole rings is 1. The Morgan fingerprint density at radius 2 is 1.85 bits per heavy atom. The highest BCUT2D eigenvalue weighted by Gasteiger charge is 2.38. The minimum Gasteiger partial charge on any atom is -0.475 e. The molecule has 0 saturated heterocycles. The predicted molar refractivity (Wildman–Crippen MR) is 92.3 cm³/mol. The summed E-state index contributed by atoms with van der Waals surface area (Å²) in [5.74, 6) is -3.30. The van der Waals surface area contributed by atoms with E-state index < -0.39 is 12.1 Å². The first-order chi connectivity index (χ1) is 12.6. The van der Waals surface area contributed by atoms with Crippen LogP contribution in [0.3, 0.4) is 0 Å². The van der Waals surface area contributed by atoms with E-state index in [9.17, 15) is 22.4 Å². The van der Waals surface area contributed by atoms with Crippen LogP contribution in [0.5, 0.6) is 0 Å². The summed E-state index contributed by atoms with van der Waals surface area (Å²) in [5.41, 5.74) is 1.15. The number of nitrogens with one attached hydrogen (secondary N) is 2. The zero-order chi connectivity index (χ0) is 20.6. The number of hydrogen-bond acceptors (Lipinski definition) is 5. The molecule has 0 saturated carbocycles. The maximum Gasteiger partial charge on any atom is 0.490 e. The third-order valence-electron chi connectivity index (χ3n) is 2.97. The molecule has 1 heterocycles. The second-order valence-electron chi connectivity index (χ2n) is 5.04. The fourth-order valence-electron chi connectivity index (χ4n) is 1.73. The van der Waals surface area contributed by atoms with E-state index in [2.05, 4.69) is 15.6 Å². The first-order valence-electron chi connectivity index (χ1n) is 7.59. The van der Waals surface area contributed by atoms with Gasteiger partial charge in [0.1, 0.15) is 10.7 Å². The van der Waals surface area contributed by atoms with E-state index in [1.54, 1.807) is 25.1 Å². The lowest BCUT2D eigenvalue weighted by molar-refractivity contribution is -0.192. The van der Waals surface area contributed by atoms with Crippen LogP contribution in [-0.4, -0.2) is 34.7 Å². The Hall–Kier alpha value is -2.69. The highest BCUT2D eigenvalue weighted by molar-refractivity contribution is 7.17. The molecule has 11 heteroatoms. The van der Waals surface area contributed by atoms with Crippen molar-refractivity contribution in [2.24, 2.45) is 0 Å². The number of anilines is 1. The average molecular weight is 407 g/mol. The highest BCUT2D eigenvalue weighted by Crippen LogP contribution is 2.22. The molecule has 3 N–H and O–H groups in total. The average Bonchev–Trinajstić information content (AvgIpc) is 2.94. The number of aromatic nitrogens is 1. The van der Waals surface area contributed by atoms with Crippen LogP contribution in [0.4, 0.5) is 22.7 Å². The summed E-state index contributed by atoms with van der Waals surface area (Å²) in [7, 11) is 0. The van der Waals surface area contributed by atoms with Gasteiger partial charge in [0.15, 0.2) is 5.13 Å². The highest BCUT2D eigenvalue weighted by atomic mass is 32.1. The predicted octanol–water partition coefficient (Wildman–Crippen LogP) is 3.59. The quantitative estimate of drug-likeness (QED) is 0.659. The molecule has 1 amide bonds. The number of halogens is 4. The largest absolute Gasteiger partial charge is 0.490 e. The molecule has 1 aromatic heterocycles. The Morgan fingerprint density at radius 3 is 2.37 bits per heavy atom. The van der Waals surface area contributed by atoms with Gasteiger partial charge in [-0.2, -0.15) is 13.2 Å². The van der Waals surface area contributed by atoms with Crippen molar-refractivity contribution in [3.05, 3.63) is 46.2 Å². The number of nitrogens with zero attached hydrogens (tertiary/aromatic N) is 1. The van der Waals surface area contributed by atoms with Gasteiger partial charge < -0.3 is 15.7 Å². The number of aliphatic carboxylic acids is 1. The van der Waals surface area contributed by atoms with Crippen molar-refractivity contribution < 1.29 is 32.3 Å². The molecule has 2 rings (SSSR count). The van der Waals surface area contributed by atoms with Gasteiger partial charge in [-0.3, -0.25) is 4.79 Å². The third-order valence-corrected chi connectivity index (χ3v) is 4.08. The van der Waals surface area contributed by atoms with E-state index >= 15 is 0 Å². The second kappa shape index (κ2) is 9.86. The molecular weight excluding hydrogens is 390 g/mol. The number of alkyl halides is 3. The summed E-state index contributed by atoms with van der Waals surface area (Å²) in [5, 5.41) is 13.6. The molecule has 0 radical (unpaired) electrons. The summed E-state index contributed by atoms with van der Waals surface area (Å²) < 4.78 is 45.2. The summed E-state index contributed by atoms with van der Waals surface area (Å²) in [6, 6.07) is 6.39. The Labute approximate surface area is 156 Å². The lowest BCUT2D eigenvalue weighted by Crippen LogP contribution is -2.23. The molecule has 6 nitrogen and oxygen atoms in total. The first kappa shape index (κ1) is 22.4. The second-order valence-corrected chi connectivity index (χ2v) is 6.04. The Morgan fingerprint density at radius 1 is 1.26 bits per heavy atom. The molecule has 148 valence electrons. The van der Waals surface area contributed by atoms with Crippen LogP contribution in [0.15, 0.2) is 24.3 Å². The number of rotatable bonds is 5. The van der Waals surface area contributed by atoms with Crippen LogP contribution in [0.2, 0.25) is 0 Å². The molecule has 0 spiro atoms. The lowest BCUT2D eigenvalue weighted by Gasteiger charge is -2.05. The Balaban J connectivity index is 0.000000445. The number of amides is 1. The van der Waals surface area contributed by atoms with Gasteiger partial charge in [-0.05, 0) is 19.9 Å². The van der Waals surface area contributed by atoms with Crippen molar-refractivity contribution in [2.75, 3.05) is 11.9 Å². The van der Waals surface area contributed by atoms with Gasteiger partial charge in [0.05, 0.1) is 5.69 Å². The number of carboxylic acids is 1. The minimum atomic E-state index is -5.08. The number of carbonyl (C=O) groups is 2. The molecular formula is C16H17F4N3O3S. The molecule has 1 aromatic carbocycles. The number of carboxylic acid groups (broad SMARTS) is 1. The number of carbonyl (C=O) groups excluding carboxylic acids is 1. The van der Waals surface area contributed by atoms with Crippen molar-refractivity contribution in [3.63, 3.8) is 0 Å². The molecule has 0 bridgehead atoms. The zero-order valence-corrected chi connectivity index (χ0v) is 15.2. The van der Waals surface area contributed by atoms with E-state index in [1.165, 1.54) is 17.4 Å². The van der Waals surface area contributed by atoms with Gasteiger partial charge in [-0.1, -0.05) is 29.5 Å². The molecule has 0 aliphatic heterocycles. The van der Waals surface area contributed by atoms with Crippen LogP contribution in [0.25, 0.3) is 0 Å². The first-order valence-corrected chi connectivity index (χ1v) is 8.40. The minimum absolute atomic E-state index is 0.166. The zero-order valence-electron chi connectivity index (χ0n) is 14.4.